The highest BCUT2D eigenvalue weighted by molar-refractivity contribution is 8.04. The van der Waals surface area contributed by atoms with Crippen molar-refractivity contribution in [2.45, 2.75) is 75.9 Å². The van der Waals surface area contributed by atoms with Crippen molar-refractivity contribution in [1.82, 2.24) is 9.80 Å². The van der Waals surface area contributed by atoms with Gasteiger partial charge >= 0.3 is 5.97 Å². The number of aliphatic hydroxyl groups excluding tert-OH is 1. The van der Waals surface area contributed by atoms with Crippen LogP contribution in [0.2, 0.25) is 18.1 Å². The summed E-state index contributed by atoms with van der Waals surface area (Å²) in [6.07, 6.45) is 0.729. The number of primary amides is 1. The number of β-amino-alcohol motifs (C(OH)–C–C–N with tert-alkyl or cyclic N) is 1. The number of rotatable bonds is 9. The maximum atomic E-state index is 13.3. The van der Waals surface area contributed by atoms with Crippen molar-refractivity contribution in [2.24, 2.45) is 11.7 Å². The second-order valence-electron chi connectivity index (χ2n) is 10.7. The summed E-state index contributed by atoms with van der Waals surface area (Å²) in [5.41, 5.74) is 5.73. The van der Waals surface area contributed by atoms with Crippen LogP contribution in [0.4, 0.5) is 0 Å². The topological polar surface area (TPSA) is 122 Å². The number of hydrogen-bond donors (Lipinski definition) is 2. The van der Waals surface area contributed by atoms with Crippen LogP contribution >= 0.6 is 11.8 Å². The molecule has 2 saturated heterocycles. The Hall–Kier alpha value is -1.66. The lowest BCUT2D eigenvalue weighted by Crippen LogP contribution is -2.62. The van der Waals surface area contributed by atoms with Gasteiger partial charge in [0.05, 0.1) is 24.2 Å². The van der Waals surface area contributed by atoms with E-state index in [1.54, 1.807) is 4.90 Å². The molecule has 0 radical (unpaired) electrons. The third-order valence-electron chi connectivity index (χ3n) is 7.23. The monoisotopic (exact) mass is 511 g/mol. The fourth-order valence-corrected chi connectivity index (χ4v) is 7.45. The first-order chi connectivity index (χ1) is 15.7. The maximum absolute atomic E-state index is 13.3. The highest BCUT2D eigenvalue weighted by Gasteiger charge is 2.59. The van der Waals surface area contributed by atoms with Crippen molar-refractivity contribution in [3.63, 3.8) is 0 Å². The molecule has 9 nitrogen and oxygen atoms in total. The minimum atomic E-state index is -2.10. The molecule has 0 aliphatic carbocycles. The zero-order valence-corrected chi connectivity index (χ0v) is 22.7. The molecule has 0 aromatic rings. The number of nitrogens with zero attached hydrogens (tertiary/aromatic N) is 2. The number of aliphatic hydroxyl groups is 1. The van der Waals surface area contributed by atoms with Crippen LogP contribution in [0.15, 0.2) is 23.3 Å². The van der Waals surface area contributed by atoms with Gasteiger partial charge in [-0.1, -0.05) is 33.4 Å². The van der Waals surface area contributed by atoms with Gasteiger partial charge in [-0.3, -0.25) is 19.4 Å². The van der Waals surface area contributed by atoms with Crippen LogP contribution in [-0.2, 0) is 23.5 Å². The molecule has 3 aliphatic rings. The van der Waals surface area contributed by atoms with Gasteiger partial charge in [-0.25, -0.2) is 4.79 Å². The molecule has 2 amide bonds. The van der Waals surface area contributed by atoms with Gasteiger partial charge in [0.2, 0.25) is 11.8 Å². The van der Waals surface area contributed by atoms with Crippen LogP contribution in [0, 0.1) is 5.92 Å². The SMILES string of the molecule is C=CCOC(=O)C1=C(CN2C[C@H](O)C[C@@H]2C(N)=O)S[C@@H]2[C@@H]([C@@H](C)O[Si](C)(C)C(C)(C)C)C(=O)N12. The standard InChI is InChI=1S/C23H37N3O6SSi/c1-8-9-31-22(30)18-16(12-25-11-14(27)10-15(25)19(24)28)33-21-17(20(29)26(18)21)13(2)32-34(6,7)23(3,4)5/h8,13-15,17,21,27H,1,9-12H2,2-7H3,(H2,24,28)/t13-,14-,15-,17+,21-/m1/s1. The van der Waals surface area contributed by atoms with Crippen LogP contribution in [0.25, 0.3) is 0 Å². The van der Waals surface area contributed by atoms with E-state index in [9.17, 15) is 19.5 Å². The number of ether oxygens (including phenoxy) is 1. The van der Waals surface area contributed by atoms with E-state index in [1.807, 2.05) is 6.92 Å². The van der Waals surface area contributed by atoms with E-state index in [0.717, 1.165) is 0 Å². The number of thioether (sulfide) groups is 1. The average Bonchev–Trinajstić information content (AvgIpc) is 3.23. The molecule has 3 N–H and O–H groups in total. The molecule has 3 heterocycles. The predicted octanol–water partition coefficient (Wildman–Crippen LogP) is 1.79. The van der Waals surface area contributed by atoms with Gasteiger partial charge in [-0.15, -0.1) is 11.8 Å². The summed E-state index contributed by atoms with van der Waals surface area (Å²) in [6, 6.07) is -0.630. The molecular weight excluding hydrogens is 474 g/mol. The van der Waals surface area contributed by atoms with Crippen molar-refractivity contribution in [2.75, 3.05) is 19.7 Å². The molecule has 190 valence electrons. The van der Waals surface area contributed by atoms with Crippen molar-refractivity contribution in [1.29, 1.82) is 0 Å². The first-order valence-corrected chi connectivity index (χ1v) is 15.4. The molecule has 0 unspecified atom stereocenters. The van der Waals surface area contributed by atoms with Crippen molar-refractivity contribution >= 4 is 37.9 Å². The molecule has 5 atom stereocenters. The largest absolute Gasteiger partial charge is 0.457 e. The number of amides is 2. The summed E-state index contributed by atoms with van der Waals surface area (Å²) in [5, 5.41) is 9.79. The minimum Gasteiger partial charge on any atom is -0.457 e. The van der Waals surface area contributed by atoms with Crippen molar-refractivity contribution in [3.05, 3.63) is 23.3 Å². The van der Waals surface area contributed by atoms with Crippen LogP contribution in [0.1, 0.15) is 34.1 Å². The summed E-state index contributed by atoms with van der Waals surface area (Å²) in [7, 11) is -2.10. The molecule has 0 bridgehead atoms. The Balaban J connectivity index is 1.84. The van der Waals surface area contributed by atoms with Gasteiger partial charge in [0, 0.05) is 18.0 Å². The highest BCUT2D eigenvalue weighted by Crippen LogP contribution is 2.52. The Morgan fingerprint density at radius 3 is 2.59 bits per heavy atom. The number of hydrogen-bond acceptors (Lipinski definition) is 8. The van der Waals surface area contributed by atoms with Gasteiger partial charge < -0.3 is 20.0 Å². The van der Waals surface area contributed by atoms with E-state index < -0.39 is 38.3 Å². The molecule has 0 spiro atoms. The quantitative estimate of drug-likeness (QED) is 0.208. The summed E-state index contributed by atoms with van der Waals surface area (Å²) in [4.78, 5) is 42.0. The van der Waals surface area contributed by atoms with E-state index in [0.29, 0.717) is 4.91 Å². The third-order valence-corrected chi connectivity index (χ3v) is 13.2. The van der Waals surface area contributed by atoms with Crippen LogP contribution in [0.3, 0.4) is 0 Å². The van der Waals surface area contributed by atoms with Crippen LogP contribution in [-0.4, -0.2) is 84.3 Å². The lowest BCUT2D eigenvalue weighted by atomic mass is 9.92. The predicted molar refractivity (Wildman–Crippen MR) is 133 cm³/mol. The Labute approximate surface area is 206 Å². The second kappa shape index (κ2) is 9.77. The number of carbonyl (C=O) groups is 3. The zero-order valence-electron chi connectivity index (χ0n) is 20.9. The van der Waals surface area contributed by atoms with Crippen molar-refractivity contribution < 1.29 is 28.7 Å². The molecule has 0 saturated carbocycles. The molecule has 0 aromatic heterocycles. The molecule has 3 aliphatic heterocycles. The number of carbonyl (C=O) groups excluding carboxylic acids is 3. The smallest absolute Gasteiger partial charge is 0.356 e. The summed E-state index contributed by atoms with van der Waals surface area (Å²) in [5.74, 6) is -1.69. The van der Waals surface area contributed by atoms with E-state index >= 15 is 0 Å². The number of β-lactam (4-membered cyclic amide) rings is 1. The highest BCUT2D eigenvalue weighted by atomic mass is 32.2. The maximum Gasteiger partial charge on any atom is 0.356 e. The lowest BCUT2D eigenvalue weighted by molar-refractivity contribution is -0.157. The number of likely N-dealkylation sites (tertiary alicyclic amines) is 1. The number of nitrogens with two attached hydrogens (primary N) is 1. The fourth-order valence-electron chi connectivity index (χ4n) is 4.40. The van der Waals surface area contributed by atoms with Gasteiger partial charge in [0.25, 0.3) is 0 Å². The van der Waals surface area contributed by atoms with E-state index in [1.165, 1.54) is 22.7 Å². The molecule has 3 rings (SSSR count). The van der Waals surface area contributed by atoms with E-state index in [2.05, 4.69) is 40.4 Å². The number of fused-ring (bicyclic) bond motifs is 1. The lowest BCUT2D eigenvalue weighted by Gasteiger charge is -2.48. The van der Waals surface area contributed by atoms with Gasteiger partial charge in [0.15, 0.2) is 8.32 Å². The number of esters is 1. The van der Waals surface area contributed by atoms with E-state index in [4.69, 9.17) is 14.9 Å². The van der Waals surface area contributed by atoms with E-state index in [-0.39, 0.29) is 54.2 Å². The normalized spacial score (nSPS) is 28.6. The summed E-state index contributed by atoms with van der Waals surface area (Å²) < 4.78 is 11.8. The van der Waals surface area contributed by atoms with Gasteiger partial charge in [-0.05, 0) is 31.5 Å². The first-order valence-electron chi connectivity index (χ1n) is 11.6. The molecular formula is C23H37N3O6SSi. The third kappa shape index (κ3) is 4.99. The molecule has 0 aromatic carbocycles. The Morgan fingerprint density at radius 2 is 2.03 bits per heavy atom. The van der Waals surface area contributed by atoms with Crippen molar-refractivity contribution in [3.8, 4) is 0 Å². The summed E-state index contributed by atoms with van der Waals surface area (Å²) >= 11 is 1.42. The molecule has 34 heavy (non-hydrogen) atoms. The zero-order chi connectivity index (χ0) is 25.6. The van der Waals surface area contributed by atoms with Crippen LogP contribution in [0.5, 0.6) is 0 Å². The Kier molecular flexibility index (Phi) is 7.74. The Morgan fingerprint density at radius 1 is 1.38 bits per heavy atom. The van der Waals surface area contributed by atoms with Gasteiger partial charge in [-0.2, -0.15) is 0 Å². The minimum absolute atomic E-state index is 0.0000124. The van der Waals surface area contributed by atoms with Gasteiger partial charge in [0.1, 0.15) is 17.7 Å². The average molecular weight is 512 g/mol. The molecule has 2 fully saturated rings. The van der Waals surface area contributed by atoms with Crippen LogP contribution < -0.4 is 5.73 Å². The fraction of sp³-hybridized carbons (Fsp3) is 0.696. The second-order valence-corrected chi connectivity index (χ2v) is 16.7. The summed E-state index contributed by atoms with van der Waals surface area (Å²) in [6.45, 7) is 16.8. The Bertz CT molecular complexity index is 902. The molecule has 11 heteroatoms. The first kappa shape index (κ1) is 26.9.